The van der Waals surface area contributed by atoms with Crippen LogP contribution in [0.4, 0.5) is 5.69 Å². The van der Waals surface area contributed by atoms with Gasteiger partial charge in [0.15, 0.2) is 12.7 Å². The van der Waals surface area contributed by atoms with Gasteiger partial charge in [0.25, 0.3) is 5.91 Å². The molecule has 6 rings (SSSR count). The number of aliphatic carboxylic acids is 1. The van der Waals surface area contributed by atoms with E-state index in [0.29, 0.717) is 17.4 Å². The Balaban J connectivity index is 0.000000309. The maximum atomic E-state index is 12.4. The van der Waals surface area contributed by atoms with E-state index < -0.39 is 12.1 Å². The highest BCUT2D eigenvalue weighted by molar-refractivity contribution is 6.31. The summed E-state index contributed by atoms with van der Waals surface area (Å²) in [6.07, 6.45) is 2.59. The monoisotopic (exact) mass is 625 g/mol. The van der Waals surface area contributed by atoms with Gasteiger partial charge in [-0.05, 0) is 85.3 Å². The van der Waals surface area contributed by atoms with E-state index in [9.17, 15) is 9.59 Å². The van der Waals surface area contributed by atoms with Gasteiger partial charge in [-0.15, -0.1) is 0 Å². The normalized spacial score (nSPS) is 14.5. The maximum absolute atomic E-state index is 12.4. The zero-order valence-electron chi connectivity index (χ0n) is 24.7. The molecule has 0 aliphatic heterocycles. The number of aryl methyl sites for hydroxylation is 1. The van der Waals surface area contributed by atoms with Crippen molar-refractivity contribution >= 4 is 40.1 Å². The highest BCUT2D eigenvalue weighted by atomic mass is 35.5. The molecule has 8 nitrogen and oxygen atoms in total. The number of aromatic amines is 1. The van der Waals surface area contributed by atoms with Crippen LogP contribution in [0, 0.1) is 0 Å². The fourth-order valence-corrected chi connectivity index (χ4v) is 5.65. The molecule has 0 fully saturated rings. The number of aromatic nitrogens is 1. The quantitative estimate of drug-likeness (QED) is 0.124. The molecule has 1 heterocycles. The van der Waals surface area contributed by atoms with Crippen LogP contribution in [0.5, 0.6) is 5.75 Å². The topological polar surface area (TPSA) is 124 Å². The highest BCUT2D eigenvalue weighted by Gasteiger charge is 2.22. The average Bonchev–Trinajstić information content (AvgIpc) is 3.43. The van der Waals surface area contributed by atoms with Crippen molar-refractivity contribution in [1.82, 2.24) is 10.3 Å². The molecule has 0 saturated carbocycles. The number of fused-ring (bicyclic) bond motifs is 3. The Kier molecular flexibility index (Phi) is 10.9. The Labute approximate surface area is 267 Å². The van der Waals surface area contributed by atoms with Gasteiger partial charge in [-0.25, -0.2) is 4.79 Å². The molecule has 0 bridgehead atoms. The number of hydrogen-bond acceptors (Lipinski definition) is 5. The molecule has 2 atom stereocenters. The number of carbonyl (C=O) groups is 2. The summed E-state index contributed by atoms with van der Waals surface area (Å²) < 4.78 is 5.56. The summed E-state index contributed by atoms with van der Waals surface area (Å²) in [5, 5.41) is 26.1. The first-order chi connectivity index (χ1) is 21.9. The van der Waals surface area contributed by atoms with E-state index in [1.54, 1.807) is 30.3 Å². The largest absolute Gasteiger partial charge is 0.484 e. The van der Waals surface area contributed by atoms with E-state index in [2.05, 4.69) is 27.8 Å². The maximum Gasteiger partial charge on any atom is 0.337 e. The summed E-state index contributed by atoms with van der Waals surface area (Å²) in [5.41, 5.74) is 6.12. The minimum atomic E-state index is -1.41. The summed E-state index contributed by atoms with van der Waals surface area (Å²) in [6.45, 7) is 0.875. The van der Waals surface area contributed by atoms with Crippen molar-refractivity contribution < 1.29 is 24.5 Å². The number of ether oxygens (including phenoxy) is 1. The summed E-state index contributed by atoms with van der Waals surface area (Å²) in [5.74, 6) is -0.719. The Morgan fingerprint density at radius 3 is 2.40 bits per heavy atom. The lowest BCUT2D eigenvalue weighted by molar-refractivity contribution is -0.147. The number of carbonyl (C=O) groups excluding carboxylic acids is 1. The van der Waals surface area contributed by atoms with Gasteiger partial charge in [-0.3, -0.25) is 4.79 Å². The van der Waals surface area contributed by atoms with Crippen molar-refractivity contribution in [3.05, 3.63) is 131 Å². The number of benzene rings is 4. The van der Waals surface area contributed by atoms with Crippen LogP contribution in [0.3, 0.4) is 0 Å². The average molecular weight is 626 g/mol. The number of H-pyrrole nitrogens is 1. The summed E-state index contributed by atoms with van der Waals surface area (Å²) >= 11 is 6.30. The van der Waals surface area contributed by atoms with Crippen LogP contribution < -0.4 is 15.4 Å². The molecule has 5 aromatic rings. The number of carboxylic acid groups (broad SMARTS) is 1. The van der Waals surface area contributed by atoms with E-state index in [1.807, 2.05) is 60.7 Å². The van der Waals surface area contributed by atoms with E-state index >= 15 is 0 Å². The van der Waals surface area contributed by atoms with Crippen LogP contribution >= 0.6 is 11.6 Å². The van der Waals surface area contributed by atoms with Gasteiger partial charge in [0.2, 0.25) is 0 Å². The predicted octanol–water partition coefficient (Wildman–Crippen LogP) is 6.33. The molecule has 4 aromatic carbocycles. The first kappa shape index (κ1) is 31.8. The molecule has 5 N–H and O–H groups in total. The molecule has 2 unspecified atom stereocenters. The highest BCUT2D eigenvalue weighted by Crippen LogP contribution is 2.31. The van der Waals surface area contributed by atoms with E-state index in [0.717, 1.165) is 48.5 Å². The summed E-state index contributed by atoms with van der Waals surface area (Å²) in [4.78, 5) is 26.2. The molecule has 232 valence electrons. The van der Waals surface area contributed by atoms with E-state index in [-0.39, 0.29) is 12.5 Å². The molecule has 45 heavy (non-hydrogen) atoms. The van der Waals surface area contributed by atoms with Crippen molar-refractivity contribution in [1.29, 1.82) is 0 Å². The van der Waals surface area contributed by atoms with Crippen molar-refractivity contribution in [2.75, 3.05) is 18.5 Å². The number of aliphatic hydroxyl groups is 1. The van der Waals surface area contributed by atoms with Crippen LogP contribution in [-0.4, -0.2) is 46.3 Å². The fourth-order valence-electron chi connectivity index (χ4n) is 5.42. The standard InChI is InChI=1S/C28H28ClN3O2.C8H8O3/c29-25-9-5-4-6-19(25)14-15-30-20-10-12-26-23(16-20)24-17-21(11-13-27(24)32-26)31-28(33)18-34-22-7-2-1-3-8-22;9-7(8(10)11)6-4-2-1-3-5-6/h1-9,11,13,17,20,30,32H,10,12,14-16,18H2,(H,31,33);1-5,7,9H,(H,10,11). The Bertz CT molecular complexity index is 1730. The van der Waals surface area contributed by atoms with Gasteiger partial charge >= 0.3 is 5.97 Å². The minimum Gasteiger partial charge on any atom is -0.484 e. The summed E-state index contributed by atoms with van der Waals surface area (Å²) in [6, 6.07) is 32.1. The number of para-hydroxylation sites is 1. The van der Waals surface area contributed by atoms with E-state index in [1.165, 1.54) is 22.2 Å². The van der Waals surface area contributed by atoms with Crippen molar-refractivity contribution in [2.24, 2.45) is 0 Å². The van der Waals surface area contributed by atoms with Crippen molar-refractivity contribution in [3.8, 4) is 5.75 Å². The molecular formula is C36H36ClN3O5. The minimum absolute atomic E-state index is 0.0231. The number of halogens is 1. The van der Waals surface area contributed by atoms with Crippen LogP contribution in [-0.2, 0) is 28.9 Å². The number of nitrogens with one attached hydrogen (secondary N) is 3. The first-order valence-electron chi connectivity index (χ1n) is 14.9. The molecule has 1 aliphatic carbocycles. The van der Waals surface area contributed by atoms with Gasteiger partial charge in [0.05, 0.1) is 0 Å². The van der Waals surface area contributed by atoms with E-state index in [4.69, 9.17) is 26.6 Å². The SMILES string of the molecule is O=C(COc1ccccc1)Nc1ccc2[nH]c3c(c2c1)CC(NCCc1ccccc1Cl)CC3.O=C(O)C(O)c1ccccc1. The number of aliphatic hydroxyl groups excluding tert-OH is 1. The van der Waals surface area contributed by atoms with Crippen LogP contribution in [0.2, 0.25) is 5.02 Å². The summed E-state index contributed by atoms with van der Waals surface area (Å²) in [7, 11) is 0. The van der Waals surface area contributed by atoms with Crippen molar-refractivity contribution in [3.63, 3.8) is 0 Å². The van der Waals surface area contributed by atoms with Crippen molar-refractivity contribution in [2.45, 2.75) is 37.8 Å². The molecule has 0 spiro atoms. The lowest BCUT2D eigenvalue weighted by Gasteiger charge is -2.24. The fraction of sp³-hybridized carbons (Fsp3) is 0.222. The Hall–Kier alpha value is -4.63. The van der Waals surface area contributed by atoms with Gasteiger partial charge in [0, 0.05) is 33.3 Å². The van der Waals surface area contributed by atoms with Gasteiger partial charge in [0.1, 0.15) is 5.75 Å². The lowest BCUT2D eigenvalue weighted by atomic mass is 9.91. The predicted molar refractivity (Wildman–Crippen MR) is 177 cm³/mol. The van der Waals surface area contributed by atoms with Gasteiger partial charge in [-0.1, -0.05) is 78.3 Å². The zero-order valence-corrected chi connectivity index (χ0v) is 25.5. The third-order valence-electron chi connectivity index (χ3n) is 7.72. The third kappa shape index (κ3) is 8.73. The Morgan fingerprint density at radius 1 is 0.956 bits per heavy atom. The van der Waals surface area contributed by atoms with Crippen LogP contribution in [0.25, 0.3) is 10.9 Å². The zero-order chi connectivity index (χ0) is 31.6. The number of anilines is 1. The third-order valence-corrected chi connectivity index (χ3v) is 8.09. The van der Waals surface area contributed by atoms with Gasteiger partial charge < -0.3 is 30.6 Å². The molecule has 1 aliphatic rings. The number of hydrogen-bond donors (Lipinski definition) is 5. The number of rotatable bonds is 10. The number of carboxylic acids is 1. The second-order valence-corrected chi connectivity index (χ2v) is 11.3. The second-order valence-electron chi connectivity index (χ2n) is 10.9. The second kappa shape index (κ2) is 15.4. The molecular weight excluding hydrogens is 590 g/mol. The smallest absolute Gasteiger partial charge is 0.337 e. The molecule has 1 aromatic heterocycles. The van der Waals surface area contributed by atoms with Gasteiger partial charge in [-0.2, -0.15) is 0 Å². The van der Waals surface area contributed by atoms with Crippen LogP contribution in [0.1, 0.15) is 34.9 Å². The van der Waals surface area contributed by atoms with Crippen LogP contribution in [0.15, 0.2) is 103 Å². The molecule has 0 radical (unpaired) electrons. The Morgan fingerprint density at radius 2 is 1.67 bits per heavy atom. The molecule has 1 amide bonds. The molecule has 0 saturated heterocycles. The lowest BCUT2D eigenvalue weighted by Crippen LogP contribution is -2.35. The first-order valence-corrected chi connectivity index (χ1v) is 15.3. The molecule has 9 heteroatoms. The number of amides is 1.